The molecule has 60 heavy (non-hydrogen) atoms. The van der Waals surface area contributed by atoms with E-state index in [0.29, 0.717) is 48.8 Å². The van der Waals surface area contributed by atoms with Crippen molar-refractivity contribution < 1.29 is 23.9 Å². The monoisotopic (exact) mass is 833 g/mol. The van der Waals surface area contributed by atoms with Crippen LogP contribution in [-0.2, 0) is 29.7 Å². The van der Waals surface area contributed by atoms with E-state index in [0.717, 1.165) is 73.2 Å². The number of anilines is 2. The summed E-state index contributed by atoms with van der Waals surface area (Å²) in [4.78, 5) is 65.0. The highest BCUT2D eigenvalue weighted by Gasteiger charge is 2.39. The minimum atomic E-state index is -0.613. The zero-order valence-corrected chi connectivity index (χ0v) is 34.4. The Kier molecular flexibility index (Phi) is 13.0. The summed E-state index contributed by atoms with van der Waals surface area (Å²) in [5.41, 5.74) is 5.58. The minimum Gasteiger partial charge on any atom is -0.494 e. The van der Waals surface area contributed by atoms with Crippen LogP contribution in [0.4, 0.5) is 11.4 Å². The molecule has 3 aliphatic heterocycles. The van der Waals surface area contributed by atoms with Gasteiger partial charge in [-0.15, -0.1) is 22.6 Å². The predicted octanol–water partition coefficient (Wildman–Crippen LogP) is 4.15. The number of carbonyl (C=O) groups excluding carboxylic acids is 4. The maximum absolute atomic E-state index is 13.3. The third-order valence-electron chi connectivity index (χ3n) is 11.2. The molecule has 0 aliphatic carbocycles. The van der Waals surface area contributed by atoms with Crippen LogP contribution in [-0.4, -0.2) is 104 Å². The lowest BCUT2D eigenvalue weighted by Crippen LogP contribution is -2.52. The summed E-state index contributed by atoms with van der Waals surface area (Å²) in [6, 6.07) is 22.1. The van der Waals surface area contributed by atoms with E-state index in [4.69, 9.17) is 4.74 Å². The number of piperidine rings is 1. The number of piperazine rings is 1. The molecule has 8 rings (SSSR count). The zero-order valence-electron chi connectivity index (χ0n) is 33.5. The summed E-state index contributed by atoms with van der Waals surface area (Å²) in [5.74, 6) is 1.11. The van der Waals surface area contributed by atoms with Gasteiger partial charge in [-0.2, -0.15) is 0 Å². The molecule has 3 aliphatic rings. The van der Waals surface area contributed by atoms with Gasteiger partial charge in [-0.25, -0.2) is 9.97 Å². The van der Waals surface area contributed by atoms with Crippen molar-refractivity contribution in [2.45, 2.75) is 51.4 Å². The molecule has 3 aromatic carbocycles. The molecule has 17 heteroatoms. The van der Waals surface area contributed by atoms with Crippen LogP contribution < -0.4 is 25.6 Å². The first-order valence-electron chi connectivity index (χ1n) is 20.0. The van der Waals surface area contributed by atoms with E-state index < -0.39 is 11.9 Å². The fraction of sp³-hybridized carbons (Fsp3) is 0.349. The predicted molar refractivity (Wildman–Crippen MR) is 227 cm³/mol. The number of benzene rings is 3. The standard InChI is InChI=1S/C43H47N11O5.ClH/c1-28(47-41(56)30-7-3-8-32(22-30)45-25-38-49-50-40(51(38)2)36-14-15-44-27-46-36)29-6-4-9-34(24-29)59-21-5-16-52-17-19-53(20-18-52)33-10-11-35-31(23-33)26-54(43(35)58)37-12-13-39(55)48-42(37)57;/h3-4,6-11,14-15,22-24,27-28,37,45H,5,12-13,16-21,25-26H2,1-2H3,(H,47,56)(H,48,55,57);1H/t28-,37?;/m1./s1. The number of rotatable bonds is 14. The smallest absolute Gasteiger partial charge is 0.255 e. The normalized spacial score (nSPS) is 17.1. The van der Waals surface area contributed by atoms with Crippen molar-refractivity contribution in [1.29, 1.82) is 0 Å². The summed E-state index contributed by atoms with van der Waals surface area (Å²) >= 11 is 0. The Bertz CT molecular complexity index is 2350. The summed E-state index contributed by atoms with van der Waals surface area (Å²) in [6.45, 7) is 7.79. The minimum absolute atomic E-state index is 0. The second-order valence-electron chi connectivity index (χ2n) is 15.1. The molecular formula is C43H48ClN11O5. The second-order valence-corrected chi connectivity index (χ2v) is 15.1. The van der Waals surface area contributed by atoms with Gasteiger partial charge in [0.1, 0.15) is 23.8 Å². The largest absolute Gasteiger partial charge is 0.494 e. The Morgan fingerprint density at radius 3 is 2.62 bits per heavy atom. The van der Waals surface area contributed by atoms with Gasteiger partial charge in [0.05, 0.1) is 19.2 Å². The second kappa shape index (κ2) is 18.7. The van der Waals surface area contributed by atoms with Crippen molar-refractivity contribution >= 4 is 47.4 Å². The summed E-state index contributed by atoms with van der Waals surface area (Å²) in [7, 11) is 1.89. The van der Waals surface area contributed by atoms with Crippen LogP contribution in [0.2, 0.25) is 0 Å². The van der Waals surface area contributed by atoms with Crippen molar-refractivity contribution in [2.75, 3.05) is 49.5 Å². The molecule has 5 heterocycles. The van der Waals surface area contributed by atoms with Gasteiger partial charge in [-0.05, 0) is 85.5 Å². The molecule has 1 unspecified atom stereocenters. The maximum atomic E-state index is 13.3. The van der Waals surface area contributed by atoms with Gasteiger partial charge >= 0.3 is 0 Å². The quantitative estimate of drug-likeness (QED) is 0.108. The Labute approximate surface area is 354 Å². The van der Waals surface area contributed by atoms with Crippen LogP contribution in [0.1, 0.15) is 69.9 Å². The highest BCUT2D eigenvalue weighted by Crippen LogP contribution is 2.31. The topological polar surface area (TPSA) is 180 Å². The highest BCUT2D eigenvalue weighted by molar-refractivity contribution is 6.05. The molecule has 16 nitrogen and oxygen atoms in total. The van der Waals surface area contributed by atoms with Gasteiger partial charge in [0.15, 0.2) is 11.6 Å². The van der Waals surface area contributed by atoms with E-state index in [1.54, 1.807) is 23.2 Å². The first-order valence-corrected chi connectivity index (χ1v) is 20.0. The SMILES string of the molecule is C[C@@H](NC(=O)c1cccc(NCc2nnc(-c3ccncn3)n2C)c1)c1cccc(OCCCN2CCN(c3ccc4c(c3)CN(C3CCC(=O)NC3=O)C4=O)CC2)c1.Cl. The Morgan fingerprint density at radius 1 is 0.983 bits per heavy atom. The van der Waals surface area contributed by atoms with Crippen molar-refractivity contribution in [1.82, 2.24) is 45.2 Å². The van der Waals surface area contributed by atoms with Gasteiger partial charge in [0, 0.05) is 81.4 Å². The lowest BCUT2D eigenvalue weighted by molar-refractivity contribution is -0.136. The number of imide groups is 1. The lowest BCUT2D eigenvalue weighted by atomic mass is 10.0. The molecule has 5 aromatic rings. The number of halogens is 1. The number of amides is 4. The number of nitrogens with one attached hydrogen (secondary N) is 3. The molecule has 0 spiro atoms. The van der Waals surface area contributed by atoms with Gasteiger partial charge in [-0.3, -0.25) is 29.4 Å². The number of hydrogen-bond donors (Lipinski definition) is 3. The molecule has 4 amide bonds. The van der Waals surface area contributed by atoms with Crippen LogP contribution in [0.25, 0.3) is 11.5 Å². The van der Waals surface area contributed by atoms with Gasteiger partial charge < -0.3 is 29.7 Å². The number of carbonyl (C=O) groups is 4. The number of fused-ring (bicyclic) bond motifs is 1. The van der Waals surface area contributed by atoms with Gasteiger partial charge in [-0.1, -0.05) is 18.2 Å². The van der Waals surface area contributed by atoms with E-state index in [-0.39, 0.29) is 42.6 Å². The molecule has 2 saturated heterocycles. The summed E-state index contributed by atoms with van der Waals surface area (Å²) in [5, 5.41) is 17.4. The maximum Gasteiger partial charge on any atom is 0.255 e. The van der Waals surface area contributed by atoms with E-state index in [1.165, 1.54) is 6.33 Å². The van der Waals surface area contributed by atoms with E-state index in [2.05, 4.69) is 52.0 Å². The molecular weight excluding hydrogens is 786 g/mol. The molecule has 2 atom stereocenters. The zero-order chi connectivity index (χ0) is 40.9. The molecule has 0 radical (unpaired) electrons. The summed E-state index contributed by atoms with van der Waals surface area (Å²) < 4.78 is 8.02. The Morgan fingerprint density at radius 2 is 1.82 bits per heavy atom. The average Bonchev–Trinajstić information content (AvgIpc) is 3.79. The van der Waals surface area contributed by atoms with Crippen molar-refractivity contribution in [3.63, 3.8) is 0 Å². The van der Waals surface area contributed by atoms with E-state index in [9.17, 15) is 19.2 Å². The van der Waals surface area contributed by atoms with E-state index >= 15 is 0 Å². The lowest BCUT2D eigenvalue weighted by Gasteiger charge is -2.36. The average molecular weight is 834 g/mol. The van der Waals surface area contributed by atoms with Gasteiger partial charge in [0.2, 0.25) is 11.8 Å². The molecule has 3 N–H and O–H groups in total. The fourth-order valence-corrected chi connectivity index (χ4v) is 7.82. The highest BCUT2D eigenvalue weighted by atomic mass is 35.5. The Hall–Kier alpha value is -6.39. The van der Waals surface area contributed by atoms with Crippen LogP contribution in [0.5, 0.6) is 5.75 Å². The molecule has 312 valence electrons. The number of hydrogen-bond acceptors (Lipinski definition) is 12. The van der Waals surface area contributed by atoms with Crippen molar-refractivity contribution in [2.24, 2.45) is 7.05 Å². The molecule has 0 bridgehead atoms. The first kappa shape index (κ1) is 41.8. The number of aromatic nitrogens is 5. The Balaban J connectivity index is 0.00000544. The third kappa shape index (κ3) is 9.40. The van der Waals surface area contributed by atoms with E-state index in [1.807, 2.05) is 73.1 Å². The number of nitrogens with zero attached hydrogens (tertiary/aromatic N) is 8. The van der Waals surface area contributed by atoms with Crippen molar-refractivity contribution in [3.8, 4) is 17.3 Å². The first-order chi connectivity index (χ1) is 28.7. The van der Waals surface area contributed by atoms with Crippen LogP contribution in [0.15, 0.2) is 85.3 Å². The number of ether oxygens (including phenoxy) is 1. The van der Waals surface area contributed by atoms with Crippen LogP contribution in [0.3, 0.4) is 0 Å². The van der Waals surface area contributed by atoms with Crippen LogP contribution in [0, 0.1) is 0 Å². The third-order valence-corrected chi connectivity index (χ3v) is 11.2. The molecule has 0 saturated carbocycles. The molecule has 2 aromatic heterocycles. The van der Waals surface area contributed by atoms with Crippen molar-refractivity contribution in [3.05, 3.63) is 113 Å². The van der Waals surface area contributed by atoms with Gasteiger partial charge in [0.25, 0.3) is 11.8 Å². The fourth-order valence-electron chi connectivity index (χ4n) is 7.82. The summed E-state index contributed by atoms with van der Waals surface area (Å²) in [6.07, 6.45) is 4.61. The molecule has 2 fully saturated rings. The van der Waals surface area contributed by atoms with Crippen LogP contribution >= 0.6 is 12.4 Å².